The van der Waals surface area contributed by atoms with Gasteiger partial charge in [-0.25, -0.2) is 4.79 Å². The van der Waals surface area contributed by atoms with Crippen LogP contribution in [0.3, 0.4) is 0 Å². The standard InChI is InChI=1S/C21H23N3O6/c1-13(16-10-14-6-2-3-7-15(14)30-16)22-17(25)12-29-18(26)11-24-19(27)21(23-20(24)28)8-4-5-9-21/h2-3,6-7,10,13H,4-5,8-9,11-12H2,1H3,(H,22,25)(H,23,28)/t13-/m0/s1. The number of esters is 1. The lowest BCUT2D eigenvalue weighted by Gasteiger charge is -2.19. The van der Waals surface area contributed by atoms with Gasteiger partial charge in [-0.05, 0) is 31.9 Å². The average Bonchev–Trinajstić information content (AvgIpc) is 3.42. The zero-order valence-electron chi connectivity index (χ0n) is 16.6. The van der Waals surface area contributed by atoms with Gasteiger partial charge in [0.25, 0.3) is 11.8 Å². The number of carbonyl (C=O) groups excluding carboxylic acids is 4. The molecule has 1 saturated carbocycles. The molecule has 2 aliphatic rings. The summed E-state index contributed by atoms with van der Waals surface area (Å²) in [6.07, 6.45) is 2.86. The molecule has 1 aromatic heterocycles. The van der Waals surface area contributed by atoms with Crippen molar-refractivity contribution in [3.63, 3.8) is 0 Å². The average molecular weight is 413 g/mol. The molecule has 158 valence electrons. The van der Waals surface area contributed by atoms with Crippen molar-refractivity contribution in [2.24, 2.45) is 0 Å². The SMILES string of the molecule is C[C@H](NC(=O)COC(=O)CN1C(=O)NC2(CCCC2)C1=O)c1cc2ccccc2o1. The van der Waals surface area contributed by atoms with Crippen LogP contribution in [0.1, 0.15) is 44.4 Å². The molecular weight excluding hydrogens is 390 g/mol. The number of benzene rings is 1. The lowest BCUT2D eigenvalue weighted by molar-refractivity contribution is -0.151. The van der Waals surface area contributed by atoms with Crippen LogP contribution in [-0.4, -0.2) is 47.4 Å². The van der Waals surface area contributed by atoms with E-state index in [9.17, 15) is 19.2 Å². The summed E-state index contributed by atoms with van der Waals surface area (Å²) in [7, 11) is 0. The number of hydrogen-bond donors (Lipinski definition) is 2. The first kappa shape index (κ1) is 19.9. The first-order valence-corrected chi connectivity index (χ1v) is 9.95. The molecule has 0 unspecified atom stereocenters. The smallest absolute Gasteiger partial charge is 0.326 e. The third-order valence-electron chi connectivity index (χ3n) is 5.60. The van der Waals surface area contributed by atoms with E-state index in [0.717, 1.165) is 23.1 Å². The van der Waals surface area contributed by atoms with E-state index in [2.05, 4.69) is 10.6 Å². The Kier molecular flexibility index (Phi) is 5.19. The third-order valence-corrected chi connectivity index (χ3v) is 5.60. The van der Waals surface area contributed by atoms with Crippen molar-refractivity contribution in [1.82, 2.24) is 15.5 Å². The molecule has 1 spiro atoms. The highest BCUT2D eigenvalue weighted by Gasteiger charge is 2.52. The second-order valence-corrected chi connectivity index (χ2v) is 7.75. The minimum atomic E-state index is -0.878. The highest BCUT2D eigenvalue weighted by Crippen LogP contribution is 2.34. The van der Waals surface area contributed by atoms with Crippen molar-refractivity contribution in [2.45, 2.75) is 44.2 Å². The zero-order valence-corrected chi connectivity index (χ0v) is 16.6. The molecule has 2 heterocycles. The van der Waals surface area contributed by atoms with Crippen molar-refractivity contribution >= 4 is 34.8 Å². The van der Waals surface area contributed by atoms with E-state index in [1.807, 2.05) is 30.3 Å². The highest BCUT2D eigenvalue weighted by molar-refractivity contribution is 6.08. The third kappa shape index (κ3) is 3.74. The van der Waals surface area contributed by atoms with Crippen LogP contribution in [0.2, 0.25) is 0 Å². The molecule has 9 heteroatoms. The summed E-state index contributed by atoms with van der Waals surface area (Å²) in [5.74, 6) is -1.15. The first-order valence-electron chi connectivity index (χ1n) is 9.95. The molecule has 4 amide bonds. The Morgan fingerprint density at radius 2 is 2.00 bits per heavy atom. The molecule has 2 aromatic rings. The number of rotatable bonds is 6. The molecule has 0 bridgehead atoms. The maximum Gasteiger partial charge on any atom is 0.326 e. The van der Waals surface area contributed by atoms with Gasteiger partial charge in [-0.1, -0.05) is 31.0 Å². The molecule has 1 atom stereocenters. The summed E-state index contributed by atoms with van der Waals surface area (Å²) in [5, 5.41) is 6.31. The Hall–Kier alpha value is -3.36. The Balaban J connectivity index is 1.27. The van der Waals surface area contributed by atoms with E-state index in [4.69, 9.17) is 9.15 Å². The summed E-state index contributed by atoms with van der Waals surface area (Å²) in [6, 6.07) is 8.31. The van der Waals surface area contributed by atoms with E-state index in [-0.39, 0.29) is 0 Å². The fourth-order valence-electron chi connectivity index (χ4n) is 4.03. The van der Waals surface area contributed by atoms with Gasteiger partial charge in [-0.15, -0.1) is 0 Å². The Morgan fingerprint density at radius 1 is 1.27 bits per heavy atom. The number of fused-ring (bicyclic) bond motifs is 1. The summed E-state index contributed by atoms with van der Waals surface area (Å²) in [6.45, 7) is 0.725. The van der Waals surface area contributed by atoms with Gasteiger partial charge in [0.2, 0.25) is 0 Å². The normalized spacial score (nSPS) is 18.6. The predicted molar refractivity (Wildman–Crippen MR) is 105 cm³/mol. The second kappa shape index (κ2) is 7.81. The number of furan rings is 1. The van der Waals surface area contributed by atoms with Gasteiger partial charge in [0.15, 0.2) is 6.61 Å². The number of hydrogen-bond acceptors (Lipinski definition) is 6. The van der Waals surface area contributed by atoms with Gasteiger partial charge in [-0.3, -0.25) is 19.3 Å². The fraction of sp³-hybridized carbons (Fsp3) is 0.429. The molecule has 0 radical (unpaired) electrons. The Morgan fingerprint density at radius 3 is 2.73 bits per heavy atom. The summed E-state index contributed by atoms with van der Waals surface area (Å²) in [5.41, 5.74) is -0.162. The molecule has 9 nitrogen and oxygen atoms in total. The van der Waals surface area contributed by atoms with Gasteiger partial charge in [0.05, 0.1) is 6.04 Å². The number of amides is 4. The number of carbonyl (C=O) groups is 4. The molecule has 4 rings (SSSR count). The predicted octanol–water partition coefficient (Wildman–Crippen LogP) is 2.02. The Bertz CT molecular complexity index is 974. The number of para-hydroxylation sites is 1. The quantitative estimate of drug-likeness (QED) is 0.553. The number of nitrogens with zero attached hydrogens (tertiary/aromatic N) is 1. The summed E-state index contributed by atoms with van der Waals surface area (Å²) in [4.78, 5) is 49.7. The van der Waals surface area contributed by atoms with Crippen LogP contribution >= 0.6 is 0 Å². The second-order valence-electron chi connectivity index (χ2n) is 7.75. The van der Waals surface area contributed by atoms with E-state index >= 15 is 0 Å². The van der Waals surface area contributed by atoms with E-state index in [1.54, 1.807) is 6.92 Å². The van der Waals surface area contributed by atoms with Crippen LogP contribution in [0.5, 0.6) is 0 Å². The van der Waals surface area contributed by atoms with Crippen LogP contribution in [0.4, 0.5) is 4.79 Å². The molecule has 1 saturated heterocycles. The van der Waals surface area contributed by atoms with Crippen molar-refractivity contribution in [2.75, 3.05) is 13.2 Å². The monoisotopic (exact) mass is 413 g/mol. The lowest BCUT2D eigenvalue weighted by atomic mass is 9.98. The highest BCUT2D eigenvalue weighted by atomic mass is 16.5. The minimum absolute atomic E-state index is 0.398. The minimum Gasteiger partial charge on any atom is -0.459 e. The molecule has 1 aliphatic heterocycles. The van der Waals surface area contributed by atoms with Crippen molar-refractivity contribution in [3.8, 4) is 0 Å². The Labute approximate surface area is 172 Å². The van der Waals surface area contributed by atoms with E-state index in [0.29, 0.717) is 24.2 Å². The van der Waals surface area contributed by atoms with Crippen LogP contribution < -0.4 is 10.6 Å². The van der Waals surface area contributed by atoms with Crippen molar-refractivity contribution in [1.29, 1.82) is 0 Å². The van der Waals surface area contributed by atoms with Crippen LogP contribution in [0.15, 0.2) is 34.7 Å². The van der Waals surface area contributed by atoms with Crippen molar-refractivity contribution < 1.29 is 28.3 Å². The number of imide groups is 1. The van der Waals surface area contributed by atoms with Gasteiger partial charge < -0.3 is 19.8 Å². The molecule has 30 heavy (non-hydrogen) atoms. The van der Waals surface area contributed by atoms with Crippen LogP contribution in [0.25, 0.3) is 11.0 Å². The van der Waals surface area contributed by atoms with E-state index < -0.39 is 48.5 Å². The first-order chi connectivity index (χ1) is 14.4. The maximum atomic E-state index is 12.5. The summed E-state index contributed by atoms with van der Waals surface area (Å²) < 4.78 is 10.7. The van der Waals surface area contributed by atoms with Gasteiger partial charge in [0, 0.05) is 5.39 Å². The topological polar surface area (TPSA) is 118 Å². The molecule has 1 aliphatic carbocycles. The zero-order chi connectivity index (χ0) is 21.3. The summed E-state index contributed by atoms with van der Waals surface area (Å²) >= 11 is 0. The molecular formula is C21H23N3O6. The lowest BCUT2D eigenvalue weighted by Crippen LogP contribution is -2.44. The van der Waals surface area contributed by atoms with Crippen LogP contribution in [0, 0.1) is 0 Å². The number of urea groups is 1. The number of nitrogens with one attached hydrogen (secondary N) is 2. The molecule has 1 aromatic carbocycles. The maximum absolute atomic E-state index is 12.5. The fourth-order valence-corrected chi connectivity index (χ4v) is 4.03. The largest absolute Gasteiger partial charge is 0.459 e. The van der Waals surface area contributed by atoms with Gasteiger partial charge >= 0.3 is 12.0 Å². The van der Waals surface area contributed by atoms with Crippen molar-refractivity contribution in [3.05, 3.63) is 36.1 Å². The van der Waals surface area contributed by atoms with Gasteiger partial charge in [-0.2, -0.15) is 0 Å². The number of ether oxygens (including phenoxy) is 1. The van der Waals surface area contributed by atoms with Crippen LogP contribution in [-0.2, 0) is 19.1 Å². The van der Waals surface area contributed by atoms with E-state index in [1.165, 1.54) is 0 Å². The molecule has 2 N–H and O–H groups in total. The van der Waals surface area contributed by atoms with Gasteiger partial charge in [0.1, 0.15) is 23.4 Å². The molecule has 2 fully saturated rings.